The summed E-state index contributed by atoms with van der Waals surface area (Å²) < 4.78 is 7.85. The minimum Gasteiger partial charge on any atom is -0.492 e. The van der Waals surface area contributed by atoms with Crippen LogP contribution in [0.1, 0.15) is 25.3 Å². The quantitative estimate of drug-likeness (QED) is 0.806. The van der Waals surface area contributed by atoms with Crippen LogP contribution in [0.15, 0.2) is 21.1 Å². The monoisotopic (exact) mass is 404 g/mol. The lowest BCUT2D eigenvalue weighted by Crippen LogP contribution is -2.43. The Bertz CT molecular complexity index is 454. The second-order valence-electron chi connectivity index (χ2n) is 5.29. The highest BCUT2D eigenvalue weighted by Gasteiger charge is 2.17. The van der Waals surface area contributed by atoms with Crippen LogP contribution < -0.4 is 10.1 Å². The Balaban J connectivity index is 2.04. The van der Waals surface area contributed by atoms with Crippen LogP contribution in [0.5, 0.6) is 5.75 Å². The summed E-state index contributed by atoms with van der Waals surface area (Å²) >= 11 is 7.14. The Labute approximate surface area is 138 Å². The standard InChI is InChI=1S/C15H22Br2N2O/c1-3-20-15-11(7-12(16)8-14(15)17)9-18-13-5-4-6-19(2)10-13/h7-8,13,18H,3-6,9-10H2,1-2H3. The summed E-state index contributed by atoms with van der Waals surface area (Å²) in [7, 11) is 2.19. The van der Waals surface area contributed by atoms with Gasteiger partial charge in [-0.2, -0.15) is 0 Å². The van der Waals surface area contributed by atoms with Crippen LogP contribution >= 0.6 is 31.9 Å². The van der Waals surface area contributed by atoms with Gasteiger partial charge in [0.2, 0.25) is 0 Å². The number of nitrogens with one attached hydrogen (secondary N) is 1. The molecule has 1 unspecified atom stereocenters. The maximum Gasteiger partial charge on any atom is 0.138 e. The van der Waals surface area contributed by atoms with Crippen molar-refractivity contribution in [2.45, 2.75) is 32.4 Å². The molecule has 1 aromatic rings. The van der Waals surface area contributed by atoms with Crippen molar-refractivity contribution < 1.29 is 4.74 Å². The van der Waals surface area contributed by atoms with Gasteiger partial charge in [0.15, 0.2) is 0 Å². The predicted molar refractivity (Wildman–Crippen MR) is 90.4 cm³/mol. The number of nitrogens with zero attached hydrogens (tertiary/aromatic N) is 1. The molecule has 0 spiro atoms. The molecule has 0 bridgehead atoms. The summed E-state index contributed by atoms with van der Waals surface area (Å²) in [6.07, 6.45) is 2.53. The van der Waals surface area contributed by atoms with Crippen molar-refractivity contribution in [2.24, 2.45) is 0 Å². The van der Waals surface area contributed by atoms with Gasteiger partial charge in [-0.1, -0.05) is 15.9 Å². The van der Waals surface area contributed by atoms with Crippen molar-refractivity contribution in [3.8, 4) is 5.75 Å². The van der Waals surface area contributed by atoms with E-state index in [0.717, 1.165) is 27.8 Å². The van der Waals surface area contributed by atoms with Gasteiger partial charge in [-0.3, -0.25) is 0 Å². The van der Waals surface area contributed by atoms with Crippen LogP contribution in [-0.4, -0.2) is 37.7 Å². The number of likely N-dealkylation sites (tertiary alicyclic amines) is 1. The fourth-order valence-corrected chi connectivity index (χ4v) is 4.07. The molecule has 20 heavy (non-hydrogen) atoms. The average molecular weight is 406 g/mol. The molecule has 0 aliphatic carbocycles. The number of hydrogen-bond acceptors (Lipinski definition) is 3. The summed E-state index contributed by atoms with van der Waals surface area (Å²) in [6.45, 7) is 5.87. The number of benzene rings is 1. The van der Waals surface area contributed by atoms with Gasteiger partial charge in [0.05, 0.1) is 11.1 Å². The Morgan fingerprint density at radius 1 is 1.40 bits per heavy atom. The topological polar surface area (TPSA) is 24.5 Å². The number of halogens is 2. The smallest absolute Gasteiger partial charge is 0.138 e. The second kappa shape index (κ2) is 7.78. The number of likely N-dealkylation sites (N-methyl/N-ethyl adjacent to an activating group) is 1. The number of ether oxygens (including phenoxy) is 1. The maximum atomic E-state index is 5.77. The molecule has 2 rings (SSSR count). The summed E-state index contributed by atoms with van der Waals surface area (Å²) in [5.74, 6) is 0.951. The molecule has 1 saturated heterocycles. The average Bonchev–Trinajstić information content (AvgIpc) is 2.40. The van der Waals surface area contributed by atoms with E-state index < -0.39 is 0 Å². The van der Waals surface area contributed by atoms with Crippen LogP contribution in [0.2, 0.25) is 0 Å². The van der Waals surface area contributed by atoms with Crippen molar-refractivity contribution >= 4 is 31.9 Å². The second-order valence-corrected chi connectivity index (χ2v) is 7.06. The first-order valence-electron chi connectivity index (χ1n) is 7.12. The molecule has 5 heteroatoms. The third-order valence-electron chi connectivity index (χ3n) is 3.58. The molecule has 0 aromatic heterocycles. The molecule has 1 fully saturated rings. The van der Waals surface area contributed by atoms with Crippen molar-refractivity contribution in [3.05, 3.63) is 26.6 Å². The Morgan fingerprint density at radius 2 is 2.20 bits per heavy atom. The zero-order chi connectivity index (χ0) is 14.5. The van der Waals surface area contributed by atoms with E-state index in [1.165, 1.54) is 24.9 Å². The maximum absolute atomic E-state index is 5.77. The molecule has 1 atom stereocenters. The van der Waals surface area contributed by atoms with Crippen molar-refractivity contribution in [3.63, 3.8) is 0 Å². The minimum atomic E-state index is 0.570. The van der Waals surface area contributed by atoms with Gasteiger partial charge in [0, 0.05) is 29.2 Å². The van der Waals surface area contributed by atoms with Gasteiger partial charge in [0.25, 0.3) is 0 Å². The van der Waals surface area contributed by atoms with Crippen LogP contribution in [0.25, 0.3) is 0 Å². The molecule has 112 valence electrons. The number of hydrogen-bond donors (Lipinski definition) is 1. The highest BCUT2D eigenvalue weighted by Crippen LogP contribution is 2.33. The predicted octanol–water partition coefficient (Wildman–Crippen LogP) is 3.79. The van der Waals surface area contributed by atoms with Crippen molar-refractivity contribution in [1.29, 1.82) is 0 Å². The molecular formula is C15H22Br2N2O. The van der Waals surface area contributed by atoms with Gasteiger partial charge >= 0.3 is 0 Å². The lowest BCUT2D eigenvalue weighted by atomic mass is 10.1. The minimum absolute atomic E-state index is 0.570. The lowest BCUT2D eigenvalue weighted by molar-refractivity contribution is 0.226. The summed E-state index contributed by atoms with van der Waals surface area (Å²) in [4.78, 5) is 2.39. The first kappa shape index (κ1) is 16.3. The van der Waals surface area contributed by atoms with Gasteiger partial charge < -0.3 is 15.0 Å². The van der Waals surface area contributed by atoms with E-state index in [4.69, 9.17) is 4.74 Å². The highest BCUT2D eigenvalue weighted by atomic mass is 79.9. The summed E-state index contributed by atoms with van der Waals surface area (Å²) in [5, 5.41) is 3.66. The molecule has 1 heterocycles. The van der Waals surface area contributed by atoms with E-state index in [1.54, 1.807) is 0 Å². The molecule has 0 amide bonds. The van der Waals surface area contributed by atoms with Crippen molar-refractivity contribution in [1.82, 2.24) is 10.2 Å². The van der Waals surface area contributed by atoms with E-state index in [9.17, 15) is 0 Å². The number of piperidine rings is 1. The van der Waals surface area contributed by atoms with Crippen molar-refractivity contribution in [2.75, 3.05) is 26.7 Å². The van der Waals surface area contributed by atoms with Gasteiger partial charge in [-0.05, 0) is 61.4 Å². The fourth-order valence-electron chi connectivity index (χ4n) is 2.64. The summed E-state index contributed by atoms with van der Waals surface area (Å²) in [6, 6.07) is 4.74. The van der Waals surface area contributed by atoms with Crippen LogP contribution in [0, 0.1) is 0 Å². The zero-order valence-electron chi connectivity index (χ0n) is 12.1. The molecular weight excluding hydrogens is 384 g/mol. The molecule has 3 nitrogen and oxygen atoms in total. The van der Waals surface area contributed by atoms with E-state index in [-0.39, 0.29) is 0 Å². The SMILES string of the molecule is CCOc1c(Br)cc(Br)cc1CNC1CCCN(C)C1. The Morgan fingerprint density at radius 3 is 2.90 bits per heavy atom. The third-order valence-corrected chi connectivity index (χ3v) is 4.63. The van der Waals surface area contributed by atoms with E-state index >= 15 is 0 Å². The first-order valence-corrected chi connectivity index (χ1v) is 8.71. The zero-order valence-corrected chi connectivity index (χ0v) is 15.3. The highest BCUT2D eigenvalue weighted by molar-refractivity contribution is 9.11. The largest absolute Gasteiger partial charge is 0.492 e. The molecule has 0 radical (unpaired) electrons. The van der Waals surface area contributed by atoms with Gasteiger partial charge in [-0.25, -0.2) is 0 Å². The molecule has 0 saturated carbocycles. The van der Waals surface area contributed by atoms with Crippen LogP contribution in [-0.2, 0) is 6.54 Å². The third kappa shape index (κ3) is 4.45. The van der Waals surface area contributed by atoms with Gasteiger partial charge in [0.1, 0.15) is 5.75 Å². The van der Waals surface area contributed by atoms with Crippen LogP contribution in [0.3, 0.4) is 0 Å². The first-order chi connectivity index (χ1) is 9.60. The Kier molecular flexibility index (Phi) is 6.33. The molecule has 1 N–H and O–H groups in total. The van der Waals surface area contributed by atoms with Gasteiger partial charge in [-0.15, -0.1) is 0 Å². The number of rotatable bonds is 5. The fraction of sp³-hybridized carbons (Fsp3) is 0.600. The van der Waals surface area contributed by atoms with E-state index in [1.807, 2.05) is 13.0 Å². The lowest BCUT2D eigenvalue weighted by Gasteiger charge is -2.30. The van der Waals surface area contributed by atoms with Crippen LogP contribution in [0.4, 0.5) is 0 Å². The molecule has 1 aliphatic heterocycles. The van der Waals surface area contributed by atoms with E-state index in [0.29, 0.717) is 12.6 Å². The molecule has 1 aromatic carbocycles. The normalized spacial score (nSPS) is 20.1. The summed E-state index contributed by atoms with van der Waals surface area (Å²) in [5.41, 5.74) is 1.20. The Hall–Kier alpha value is -0.100. The van der Waals surface area contributed by atoms with E-state index in [2.05, 4.69) is 55.2 Å². The molecule has 1 aliphatic rings.